The third-order valence-corrected chi connectivity index (χ3v) is 6.06. The molecule has 0 saturated heterocycles. The molecule has 8 nitrogen and oxygen atoms in total. The second-order valence-corrected chi connectivity index (χ2v) is 8.60. The SMILES string of the molecule is CCC(CC)O[C@@H]1C=C(C(=O)O)C[C@H](NCc2cc(-c3ccc(C)c(F)c3)on2)[C@H]1NC(C)=O. The quantitative estimate of drug-likeness (QED) is 0.482. The van der Waals surface area contributed by atoms with E-state index in [1.165, 1.54) is 13.0 Å². The highest BCUT2D eigenvalue weighted by atomic mass is 19.1. The second-order valence-electron chi connectivity index (χ2n) is 8.60. The summed E-state index contributed by atoms with van der Waals surface area (Å²) in [5, 5.41) is 19.9. The Morgan fingerprint density at radius 2 is 2.03 bits per heavy atom. The molecule has 0 bridgehead atoms. The number of rotatable bonds is 10. The number of carboxylic acids is 1. The summed E-state index contributed by atoms with van der Waals surface area (Å²) in [5.74, 6) is -1.15. The Morgan fingerprint density at radius 1 is 1.29 bits per heavy atom. The van der Waals surface area contributed by atoms with Crippen LogP contribution in [0.4, 0.5) is 4.39 Å². The van der Waals surface area contributed by atoms with E-state index in [1.807, 2.05) is 13.8 Å². The number of hydrogen-bond acceptors (Lipinski definition) is 6. The predicted octanol–water partition coefficient (Wildman–Crippen LogP) is 3.74. The number of nitrogens with one attached hydrogen (secondary N) is 2. The topological polar surface area (TPSA) is 114 Å². The number of benzene rings is 1. The molecule has 0 aliphatic heterocycles. The van der Waals surface area contributed by atoms with E-state index in [-0.39, 0.29) is 36.4 Å². The summed E-state index contributed by atoms with van der Waals surface area (Å²) in [6.45, 7) is 7.38. The number of carboxylic acid groups (broad SMARTS) is 1. The third kappa shape index (κ3) is 6.30. The van der Waals surface area contributed by atoms with Crippen molar-refractivity contribution < 1.29 is 28.3 Å². The van der Waals surface area contributed by atoms with Crippen LogP contribution >= 0.6 is 0 Å². The Labute approximate surface area is 198 Å². The lowest BCUT2D eigenvalue weighted by molar-refractivity contribution is -0.133. The number of aliphatic carboxylic acids is 1. The van der Waals surface area contributed by atoms with Gasteiger partial charge in [-0.15, -0.1) is 0 Å². The van der Waals surface area contributed by atoms with E-state index in [1.54, 1.807) is 31.2 Å². The average molecular weight is 474 g/mol. The minimum absolute atomic E-state index is 0.0562. The van der Waals surface area contributed by atoms with Gasteiger partial charge in [-0.2, -0.15) is 0 Å². The number of aryl methyl sites for hydroxylation is 1. The lowest BCUT2D eigenvalue weighted by Crippen LogP contribution is -2.58. The first-order valence-electron chi connectivity index (χ1n) is 11.5. The van der Waals surface area contributed by atoms with E-state index in [2.05, 4.69) is 15.8 Å². The maximum Gasteiger partial charge on any atom is 0.331 e. The van der Waals surface area contributed by atoms with E-state index in [4.69, 9.17) is 9.26 Å². The average Bonchev–Trinajstić information content (AvgIpc) is 3.27. The van der Waals surface area contributed by atoms with Crippen molar-refractivity contribution in [3.05, 3.63) is 53.0 Å². The third-order valence-electron chi connectivity index (χ3n) is 6.06. The summed E-state index contributed by atoms with van der Waals surface area (Å²) >= 11 is 0. The van der Waals surface area contributed by atoms with Gasteiger partial charge < -0.3 is 25.0 Å². The molecule has 184 valence electrons. The molecule has 1 aromatic carbocycles. The Balaban J connectivity index is 1.78. The normalized spacial score (nSPS) is 20.3. The zero-order chi connectivity index (χ0) is 24.8. The van der Waals surface area contributed by atoms with Gasteiger partial charge in [0, 0.05) is 36.7 Å². The van der Waals surface area contributed by atoms with Gasteiger partial charge in [-0.05, 0) is 43.9 Å². The standard InChI is InChI=1S/C25H32FN3O5/c1-5-19(6-2)33-23-11-17(25(31)32)10-21(24(23)28-15(4)30)27-13-18-12-22(34-29-18)16-8-7-14(3)20(26)9-16/h7-9,11-12,19,21,23-24,27H,5-6,10,13H2,1-4H3,(H,28,30)(H,31,32)/t21-,23+,24+/m0/s1. The summed E-state index contributed by atoms with van der Waals surface area (Å²) < 4.78 is 25.5. The Morgan fingerprint density at radius 3 is 2.65 bits per heavy atom. The maximum atomic E-state index is 13.9. The molecule has 9 heteroatoms. The van der Waals surface area contributed by atoms with E-state index in [0.717, 1.165) is 12.8 Å². The monoisotopic (exact) mass is 473 g/mol. The van der Waals surface area contributed by atoms with Crippen LogP contribution in [-0.4, -0.2) is 46.4 Å². The Bertz CT molecular complexity index is 1050. The fourth-order valence-corrected chi connectivity index (χ4v) is 4.08. The fourth-order valence-electron chi connectivity index (χ4n) is 4.08. The van der Waals surface area contributed by atoms with Gasteiger partial charge in [0.2, 0.25) is 5.91 Å². The number of amides is 1. The van der Waals surface area contributed by atoms with Crippen LogP contribution in [0.5, 0.6) is 0 Å². The molecule has 1 amide bonds. The van der Waals surface area contributed by atoms with Gasteiger partial charge in [0.05, 0.1) is 23.9 Å². The number of aromatic nitrogens is 1. The van der Waals surface area contributed by atoms with Gasteiger partial charge in [-0.25, -0.2) is 9.18 Å². The van der Waals surface area contributed by atoms with Crippen LogP contribution in [0.25, 0.3) is 11.3 Å². The van der Waals surface area contributed by atoms with Gasteiger partial charge in [0.15, 0.2) is 5.76 Å². The van der Waals surface area contributed by atoms with Crippen molar-refractivity contribution in [3.63, 3.8) is 0 Å². The highest BCUT2D eigenvalue weighted by Gasteiger charge is 2.37. The number of halogens is 1. The summed E-state index contributed by atoms with van der Waals surface area (Å²) in [6.07, 6.45) is 2.70. The maximum absolute atomic E-state index is 13.9. The van der Waals surface area contributed by atoms with Crippen LogP contribution in [0.15, 0.2) is 40.4 Å². The van der Waals surface area contributed by atoms with Crippen LogP contribution in [0.1, 0.15) is 51.3 Å². The van der Waals surface area contributed by atoms with Gasteiger partial charge in [-0.3, -0.25) is 4.79 Å². The molecule has 3 rings (SSSR count). The smallest absolute Gasteiger partial charge is 0.331 e. The van der Waals surface area contributed by atoms with Crippen LogP contribution in [0, 0.1) is 12.7 Å². The second kappa shape index (κ2) is 11.4. The molecule has 1 aromatic heterocycles. The number of nitrogens with zero attached hydrogens (tertiary/aromatic N) is 1. The number of hydrogen-bond donors (Lipinski definition) is 3. The van der Waals surface area contributed by atoms with Gasteiger partial charge in [-0.1, -0.05) is 31.1 Å². The Hall–Kier alpha value is -3.04. The van der Waals surface area contributed by atoms with Crippen molar-refractivity contribution in [3.8, 4) is 11.3 Å². The first-order valence-corrected chi connectivity index (χ1v) is 11.5. The fraction of sp³-hybridized carbons (Fsp3) is 0.480. The largest absolute Gasteiger partial charge is 0.478 e. The molecule has 0 radical (unpaired) electrons. The molecular weight excluding hydrogens is 441 g/mol. The van der Waals surface area contributed by atoms with E-state index in [9.17, 15) is 19.1 Å². The predicted molar refractivity (Wildman–Crippen MR) is 124 cm³/mol. The molecule has 3 N–H and O–H groups in total. The number of carbonyl (C=O) groups excluding carboxylic acids is 1. The van der Waals surface area contributed by atoms with Crippen molar-refractivity contribution in [2.75, 3.05) is 0 Å². The molecular formula is C25H32FN3O5. The van der Waals surface area contributed by atoms with Crippen molar-refractivity contribution in [1.82, 2.24) is 15.8 Å². The molecule has 0 unspecified atom stereocenters. The molecule has 3 atom stereocenters. The van der Waals surface area contributed by atoms with E-state index >= 15 is 0 Å². The summed E-state index contributed by atoms with van der Waals surface area (Å²) in [4.78, 5) is 23.7. The minimum Gasteiger partial charge on any atom is -0.478 e. The summed E-state index contributed by atoms with van der Waals surface area (Å²) in [7, 11) is 0. The van der Waals surface area contributed by atoms with Crippen molar-refractivity contribution in [2.24, 2.45) is 0 Å². The lowest BCUT2D eigenvalue weighted by Gasteiger charge is -2.38. The lowest BCUT2D eigenvalue weighted by atomic mass is 9.87. The molecule has 0 spiro atoms. The van der Waals surface area contributed by atoms with Crippen LogP contribution in [0.2, 0.25) is 0 Å². The summed E-state index contributed by atoms with van der Waals surface area (Å²) in [5.41, 5.74) is 1.91. The zero-order valence-corrected chi connectivity index (χ0v) is 19.9. The number of carbonyl (C=O) groups is 2. The minimum atomic E-state index is -1.02. The van der Waals surface area contributed by atoms with E-state index < -0.39 is 24.2 Å². The van der Waals surface area contributed by atoms with Crippen molar-refractivity contribution in [1.29, 1.82) is 0 Å². The first-order chi connectivity index (χ1) is 16.2. The van der Waals surface area contributed by atoms with E-state index in [0.29, 0.717) is 22.6 Å². The van der Waals surface area contributed by atoms with Crippen molar-refractivity contribution in [2.45, 2.75) is 77.8 Å². The van der Waals surface area contributed by atoms with Crippen LogP contribution in [-0.2, 0) is 20.9 Å². The first kappa shape index (κ1) is 25.6. The van der Waals surface area contributed by atoms with Crippen LogP contribution in [0.3, 0.4) is 0 Å². The number of ether oxygens (including phenoxy) is 1. The zero-order valence-electron chi connectivity index (χ0n) is 19.9. The highest BCUT2D eigenvalue weighted by Crippen LogP contribution is 2.26. The van der Waals surface area contributed by atoms with Crippen LogP contribution < -0.4 is 10.6 Å². The Kier molecular flexibility index (Phi) is 8.57. The van der Waals surface area contributed by atoms with Gasteiger partial charge >= 0.3 is 5.97 Å². The molecule has 0 fully saturated rings. The highest BCUT2D eigenvalue weighted by molar-refractivity contribution is 5.87. The van der Waals surface area contributed by atoms with Gasteiger partial charge in [0.1, 0.15) is 5.82 Å². The molecule has 1 aliphatic carbocycles. The summed E-state index contributed by atoms with van der Waals surface area (Å²) in [6, 6.07) is 5.67. The van der Waals surface area contributed by atoms with Gasteiger partial charge in [0.25, 0.3) is 0 Å². The molecule has 34 heavy (non-hydrogen) atoms. The molecule has 0 saturated carbocycles. The molecule has 1 aliphatic rings. The molecule has 1 heterocycles. The van der Waals surface area contributed by atoms with Crippen molar-refractivity contribution >= 4 is 11.9 Å². The molecule has 2 aromatic rings.